The van der Waals surface area contributed by atoms with Gasteiger partial charge in [0.15, 0.2) is 5.79 Å². The minimum atomic E-state index is -0.320. The second-order valence-corrected chi connectivity index (χ2v) is 8.52. The van der Waals surface area contributed by atoms with Crippen molar-refractivity contribution >= 4 is 5.57 Å². The lowest BCUT2D eigenvalue weighted by Gasteiger charge is -2.48. The molecule has 4 aliphatic rings. The smallest absolute Gasteiger partial charge is 0.174 e. The van der Waals surface area contributed by atoms with E-state index in [1.165, 1.54) is 24.0 Å². The second kappa shape index (κ2) is 5.34. The second-order valence-electron chi connectivity index (χ2n) is 8.52. The third-order valence-electron chi connectivity index (χ3n) is 7.50. The van der Waals surface area contributed by atoms with Crippen molar-refractivity contribution in [1.82, 2.24) is 0 Å². The summed E-state index contributed by atoms with van der Waals surface area (Å²) >= 11 is 0. The highest BCUT2D eigenvalue weighted by Gasteiger charge is 2.63. The Labute approximate surface area is 150 Å². The summed E-state index contributed by atoms with van der Waals surface area (Å²) in [6.45, 7) is 6.30. The zero-order valence-corrected chi connectivity index (χ0v) is 15.6. The van der Waals surface area contributed by atoms with E-state index in [0.29, 0.717) is 11.8 Å². The number of methoxy groups -OCH3 is 1. The number of hydrogen-bond acceptors (Lipinski definition) is 3. The molecule has 25 heavy (non-hydrogen) atoms. The summed E-state index contributed by atoms with van der Waals surface area (Å²) in [5.74, 6) is 1.81. The summed E-state index contributed by atoms with van der Waals surface area (Å²) in [5, 5.41) is 0. The summed E-state index contributed by atoms with van der Waals surface area (Å²) in [5.41, 5.74) is 6.35. The van der Waals surface area contributed by atoms with Gasteiger partial charge in [0.2, 0.25) is 0 Å². The molecule has 1 aliphatic heterocycles. The van der Waals surface area contributed by atoms with E-state index in [-0.39, 0.29) is 11.2 Å². The van der Waals surface area contributed by atoms with E-state index in [9.17, 15) is 0 Å². The monoisotopic (exact) mass is 340 g/mol. The number of hydrogen-bond donors (Lipinski definition) is 0. The lowest BCUT2D eigenvalue weighted by Crippen LogP contribution is -2.48. The molecule has 1 saturated carbocycles. The van der Waals surface area contributed by atoms with Crippen LogP contribution in [0.3, 0.4) is 0 Å². The SMILES string of the molecule is COc1ccc2c(c1)C(C)CC1=C2CC[C@@]2(C)[C@H]1CCC21OCCO1. The van der Waals surface area contributed by atoms with E-state index in [2.05, 4.69) is 32.0 Å². The zero-order chi connectivity index (χ0) is 17.2. The van der Waals surface area contributed by atoms with E-state index in [1.54, 1.807) is 18.3 Å². The van der Waals surface area contributed by atoms with Crippen LogP contribution < -0.4 is 4.74 Å². The molecule has 1 unspecified atom stereocenters. The van der Waals surface area contributed by atoms with Crippen LogP contribution in [0.25, 0.3) is 5.57 Å². The van der Waals surface area contributed by atoms with Crippen molar-refractivity contribution in [3.8, 4) is 5.75 Å². The number of fused-ring (bicyclic) bond motifs is 5. The van der Waals surface area contributed by atoms with Crippen molar-refractivity contribution in [2.45, 2.75) is 57.7 Å². The van der Waals surface area contributed by atoms with Crippen LogP contribution >= 0.6 is 0 Å². The Morgan fingerprint density at radius 2 is 1.96 bits per heavy atom. The van der Waals surface area contributed by atoms with Crippen LogP contribution in [-0.4, -0.2) is 26.1 Å². The average Bonchev–Trinajstić information content (AvgIpc) is 3.22. The van der Waals surface area contributed by atoms with Gasteiger partial charge in [0, 0.05) is 11.8 Å². The largest absolute Gasteiger partial charge is 0.497 e. The van der Waals surface area contributed by atoms with Gasteiger partial charge >= 0.3 is 0 Å². The normalized spacial score (nSPS) is 35.5. The average molecular weight is 340 g/mol. The van der Waals surface area contributed by atoms with E-state index in [1.807, 2.05) is 0 Å². The van der Waals surface area contributed by atoms with Gasteiger partial charge in [0.25, 0.3) is 0 Å². The van der Waals surface area contributed by atoms with Gasteiger partial charge in [-0.2, -0.15) is 0 Å². The molecule has 5 rings (SSSR count). The van der Waals surface area contributed by atoms with Gasteiger partial charge in [0.05, 0.1) is 20.3 Å². The third-order valence-corrected chi connectivity index (χ3v) is 7.50. The fourth-order valence-corrected chi connectivity index (χ4v) is 6.18. The molecule has 2 fully saturated rings. The van der Waals surface area contributed by atoms with Crippen molar-refractivity contribution in [3.05, 3.63) is 34.9 Å². The van der Waals surface area contributed by atoms with Crippen LogP contribution in [0.2, 0.25) is 0 Å². The number of rotatable bonds is 1. The first-order chi connectivity index (χ1) is 12.1. The minimum Gasteiger partial charge on any atom is -0.497 e. The summed E-state index contributed by atoms with van der Waals surface area (Å²) in [6.07, 6.45) is 5.73. The quantitative estimate of drug-likeness (QED) is 0.727. The highest BCUT2D eigenvalue weighted by molar-refractivity contribution is 5.76. The highest BCUT2D eigenvalue weighted by Crippen LogP contribution is 2.65. The van der Waals surface area contributed by atoms with Crippen molar-refractivity contribution in [1.29, 1.82) is 0 Å². The Hall–Kier alpha value is -1.32. The number of benzene rings is 1. The Kier molecular flexibility index (Phi) is 3.40. The van der Waals surface area contributed by atoms with Gasteiger partial charge in [-0.3, -0.25) is 0 Å². The van der Waals surface area contributed by atoms with Gasteiger partial charge in [-0.25, -0.2) is 0 Å². The van der Waals surface area contributed by atoms with Gasteiger partial charge in [0.1, 0.15) is 5.75 Å². The minimum absolute atomic E-state index is 0.131. The molecule has 0 radical (unpaired) electrons. The lowest BCUT2D eigenvalue weighted by atomic mass is 9.60. The molecule has 1 heterocycles. The molecule has 1 aromatic rings. The summed E-state index contributed by atoms with van der Waals surface area (Å²) in [7, 11) is 1.76. The van der Waals surface area contributed by atoms with Crippen LogP contribution in [0.5, 0.6) is 5.75 Å². The molecular weight excluding hydrogens is 312 g/mol. The lowest BCUT2D eigenvalue weighted by molar-refractivity contribution is -0.225. The highest BCUT2D eigenvalue weighted by atomic mass is 16.7. The Morgan fingerprint density at radius 3 is 2.72 bits per heavy atom. The van der Waals surface area contributed by atoms with Gasteiger partial charge < -0.3 is 14.2 Å². The van der Waals surface area contributed by atoms with Crippen molar-refractivity contribution in [3.63, 3.8) is 0 Å². The van der Waals surface area contributed by atoms with Crippen LogP contribution in [-0.2, 0) is 9.47 Å². The maximum atomic E-state index is 6.22. The fourth-order valence-electron chi connectivity index (χ4n) is 6.18. The molecule has 0 amide bonds. The first-order valence-corrected chi connectivity index (χ1v) is 9.76. The molecule has 3 nitrogen and oxygen atoms in total. The maximum Gasteiger partial charge on any atom is 0.174 e. The molecular formula is C22H28O3. The molecule has 1 spiro atoms. The summed E-state index contributed by atoms with van der Waals surface area (Å²) in [4.78, 5) is 0. The molecule has 0 bridgehead atoms. The molecule has 1 saturated heterocycles. The van der Waals surface area contributed by atoms with E-state index >= 15 is 0 Å². The topological polar surface area (TPSA) is 27.7 Å². The van der Waals surface area contributed by atoms with E-state index in [0.717, 1.165) is 38.2 Å². The van der Waals surface area contributed by atoms with Crippen LogP contribution in [0, 0.1) is 11.3 Å². The van der Waals surface area contributed by atoms with Crippen LogP contribution in [0.15, 0.2) is 23.8 Å². The van der Waals surface area contributed by atoms with Crippen molar-refractivity contribution in [2.75, 3.05) is 20.3 Å². The maximum absolute atomic E-state index is 6.22. The predicted molar refractivity (Wildman–Crippen MR) is 97.6 cm³/mol. The predicted octanol–water partition coefficient (Wildman–Crippen LogP) is 4.91. The molecule has 3 atom stereocenters. The molecule has 1 aromatic carbocycles. The van der Waals surface area contributed by atoms with Crippen molar-refractivity contribution in [2.24, 2.45) is 11.3 Å². The molecule has 3 heteroatoms. The number of allylic oxidation sites excluding steroid dienone is 2. The first kappa shape index (κ1) is 15.9. The Balaban J connectivity index is 1.60. The fraction of sp³-hybridized carbons (Fsp3) is 0.636. The molecule has 134 valence electrons. The van der Waals surface area contributed by atoms with Crippen molar-refractivity contribution < 1.29 is 14.2 Å². The molecule has 0 aromatic heterocycles. The first-order valence-electron chi connectivity index (χ1n) is 9.76. The summed E-state index contributed by atoms with van der Waals surface area (Å²) < 4.78 is 17.9. The molecule has 0 N–H and O–H groups in total. The zero-order valence-electron chi connectivity index (χ0n) is 15.6. The summed E-state index contributed by atoms with van der Waals surface area (Å²) in [6, 6.07) is 6.65. The standard InChI is InChI=1S/C22H28O3/c1-14-12-19-17(16-5-4-15(23-3)13-18(14)16)6-8-21(2)20(19)7-9-22(21)24-10-11-25-22/h4-5,13-14,20H,6-12H2,1-3H3/t14?,20-,21-/m0/s1. The number of ether oxygens (including phenoxy) is 3. The van der Waals surface area contributed by atoms with Gasteiger partial charge in [-0.1, -0.05) is 25.5 Å². The molecule has 3 aliphatic carbocycles. The van der Waals surface area contributed by atoms with Gasteiger partial charge in [-0.05, 0) is 66.4 Å². The van der Waals surface area contributed by atoms with Crippen LogP contribution in [0.1, 0.15) is 63.0 Å². The Bertz CT molecular complexity index is 744. The third kappa shape index (κ3) is 2.00. The Morgan fingerprint density at radius 1 is 1.16 bits per heavy atom. The van der Waals surface area contributed by atoms with E-state index < -0.39 is 0 Å². The van der Waals surface area contributed by atoms with Gasteiger partial charge in [-0.15, -0.1) is 0 Å². The van der Waals surface area contributed by atoms with E-state index in [4.69, 9.17) is 14.2 Å². The van der Waals surface area contributed by atoms with Crippen LogP contribution in [0.4, 0.5) is 0 Å².